The SMILES string of the molecule is CC1(c2ccc(C(=O)NC3CCC(Oc4ccccc4)CC3)cc2)CC1. The van der Waals surface area contributed by atoms with Gasteiger partial charge >= 0.3 is 0 Å². The number of carbonyl (C=O) groups excluding carboxylic acids is 1. The highest BCUT2D eigenvalue weighted by Gasteiger charge is 2.38. The van der Waals surface area contributed by atoms with Crippen molar-refractivity contribution in [3.8, 4) is 5.75 Å². The minimum atomic E-state index is 0.0462. The van der Waals surface area contributed by atoms with Gasteiger partial charge in [0.2, 0.25) is 0 Å². The van der Waals surface area contributed by atoms with E-state index in [0.29, 0.717) is 5.41 Å². The van der Waals surface area contributed by atoms with Crippen LogP contribution in [0, 0.1) is 0 Å². The van der Waals surface area contributed by atoms with E-state index in [4.69, 9.17) is 4.74 Å². The number of ether oxygens (including phenoxy) is 1. The minimum Gasteiger partial charge on any atom is -0.490 e. The summed E-state index contributed by atoms with van der Waals surface area (Å²) in [7, 11) is 0. The summed E-state index contributed by atoms with van der Waals surface area (Å²) in [6, 6.07) is 18.4. The maximum absolute atomic E-state index is 12.5. The molecule has 3 heteroatoms. The number of rotatable bonds is 5. The number of para-hydroxylation sites is 1. The molecule has 0 spiro atoms. The molecule has 2 aromatic carbocycles. The summed E-state index contributed by atoms with van der Waals surface area (Å²) < 4.78 is 6.03. The van der Waals surface area contributed by atoms with E-state index in [1.807, 2.05) is 42.5 Å². The van der Waals surface area contributed by atoms with Crippen LogP contribution in [0.2, 0.25) is 0 Å². The third-order valence-electron chi connectivity index (χ3n) is 5.90. The van der Waals surface area contributed by atoms with Gasteiger partial charge in [-0.25, -0.2) is 0 Å². The minimum absolute atomic E-state index is 0.0462. The van der Waals surface area contributed by atoms with Crippen molar-refractivity contribution in [2.75, 3.05) is 0 Å². The maximum Gasteiger partial charge on any atom is 0.251 e. The van der Waals surface area contributed by atoms with Gasteiger partial charge in [-0.2, -0.15) is 0 Å². The molecule has 0 radical (unpaired) electrons. The van der Waals surface area contributed by atoms with Gasteiger partial charge in [-0.05, 0) is 73.8 Å². The molecule has 0 atom stereocenters. The average molecular weight is 349 g/mol. The second-order valence-corrected chi connectivity index (χ2v) is 8.02. The summed E-state index contributed by atoms with van der Waals surface area (Å²) in [6.45, 7) is 2.29. The van der Waals surface area contributed by atoms with E-state index in [-0.39, 0.29) is 18.1 Å². The van der Waals surface area contributed by atoms with Crippen molar-refractivity contribution in [2.24, 2.45) is 0 Å². The second-order valence-electron chi connectivity index (χ2n) is 8.02. The van der Waals surface area contributed by atoms with Crippen molar-refractivity contribution < 1.29 is 9.53 Å². The van der Waals surface area contributed by atoms with Crippen LogP contribution < -0.4 is 10.1 Å². The lowest BCUT2D eigenvalue weighted by Gasteiger charge is -2.29. The van der Waals surface area contributed by atoms with Crippen molar-refractivity contribution in [3.63, 3.8) is 0 Å². The first-order valence-electron chi connectivity index (χ1n) is 9.75. The molecule has 0 saturated heterocycles. The molecule has 3 nitrogen and oxygen atoms in total. The van der Waals surface area contributed by atoms with Crippen LogP contribution in [-0.4, -0.2) is 18.1 Å². The molecule has 0 heterocycles. The van der Waals surface area contributed by atoms with Gasteiger partial charge < -0.3 is 10.1 Å². The van der Waals surface area contributed by atoms with Gasteiger partial charge in [-0.15, -0.1) is 0 Å². The highest BCUT2D eigenvalue weighted by Crippen LogP contribution is 2.47. The van der Waals surface area contributed by atoms with Crippen LogP contribution in [0.25, 0.3) is 0 Å². The predicted molar refractivity (Wildman–Crippen MR) is 104 cm³/mol. The molecule has 136 valence electrons. The van der Waals surface area contributed by atoms with Gasteiger partial charge in [0.25, 0.3) is 5.91 Å². The molecule has 2 saturated carbocycles. The molecular formula is C23H27NO2. The van der Waals surface area contributed by atoms with Crippen molar-refractivity contribution in [1.82, 2.24) is 5.32 Å². The largest absolute Gasteiger partial charge is 0.490 e. The Labute approximate surface area is 155 Å². The van der Waals surface area contributed by atoms with Gasteiger partial charge in [0.1, 0.15) is 5.75 Å². The molecule has 1 N–H and O–H groups in total. The fraction of sp³-hybridized carbons (Fsp3) is 0.435. The number of nitrogens with one attached hydrogen (secondary N) is 1. The van der Waals surface area contributed by atoms with Crippen LogP contribution in [0.3, 0.4) is 0 Å². The standard InChI is InChI=1S/C23H27NO2/c1-23(15-16-23)18-9-7-17(8-10-18)22(25)24-19-11-13-21(14-12-19)26-20-5-3-2-4-6-20/h2-10,19,21H,11-16H2,1H3,(H,24,25). The lowest BCUT2D eigenvalue weighted by atomic mass is 9.92. The third kappa shape index (κ3) is 3.92. The second kappa shape index (κ2) is 7.14. The van der Waals surface area contributed by atoms with Gasteiger partial charge in [0, 0.05) is 11.6 Å². The van der Waals surface area contributed by atoms with Crippen molar-refractivity contribution in [2.45, 2.75) is 63.0 Å². The third-order valence-corrected chi connectivity index (χ3v) is 5.90. The normalized spacial score (nSPS) is 23.9. The lowest BCUT2D eigenvalue weighted by molar-refractivity contribution is 0.0894. The number of carbonyl (C=O) groups is 1. The molecule has 0 unspecified atom stereocenters. The summed E-state index contributed by atoms with van der Waals surface area (Å²) in [5.41, 5.74) is 2.47. The van der Waals surface area contributed by atoms with Crippen LogP contribution in [0.5, 0.6) is 5.75 Å². The zero-order valence-electron chi connectivity index (χ0n) is 15.4. The predicted octanol–water partition coefficient (Wildman–Crippen LogP) is 4.86. The van der Waals surface area contributed by atoms with Crippen LogP contribution in [0.4, 0.5) is 0 Å². The zero-order chi connectivity index (χ0) is 18.0. The molecule has 0 bridgehead atoms. The molecule has 26 heavy (non-hydrogen) atoms. The Morgan fingerprint density at radius 3 is 2.23 bits per heavy atom. The molecule has 4 rings (SSSR count). The molecule has 0 aliphatic heterocycles. The summed E-state index contributed by atoms with van der Waals surface area (Å²) >= 11 is 0. The zero-order valence-corrected chi connectivity index (χ0v) is 15.4. The first kappa shape index (κ1) is 17.1. The molecule has 1 amide bonds. The smallest absolute Gasteiger partial charge is 0.251 e. The monoisotopic (exact) mass is 349 g/mol. The van der Waals surface area contributed by atoms with Gasteiger partial charge in [-0.3, -0.25) is 4.79 Å². The van der Waals surface area contributed by atoms with Crippen LogP contribution in [-0.2, 0) is 5.41 Å². The van der Waals surface area contributed by atoms with E-state index in [0.717, 1.165) is 37.0 Å². The Morgan fingerprint density at radius 1 is 0.962 bits per heavy atom. The molecule has 0 aromatic heterocycles. The van der Waals surface area contributed by atoms with Crippen molar-refractivity contribution >= 4 is 5.91 Å². The lowest BCUT2D eigenvalue weighted by Crippen LogP contribution is -2.39. The maximum atomic E-state index is 12.5. The van der Waals surface area contributed by atoms with Crippen LogP contribution >= 0.6 is 0 Å². The molecule has 2 fully saturated rings. The van der Waals surface area contributed by atoms with Crippen molar-refractivity contribution in [1.29, 1.82) is 0 Å². The quantitative estimate of drug-likeness (QED) is 0.837. The molecule has 2 aromatic rings. The van der Waals surface area contributed by atoms with E-state index < -0.39 is 0 Å². The Morgan fingerprint density at radius 2 is 1.62 bits per heavy atom. The number of amides is 1. The Balaban J connectivity index is 1.26. The average Bonchev–Trinajstić information content (AvgIpc) is 3.43. The first-order valence-corrected chi connectivity index (χ1v) is 9.75. The Hall–Kier alpha value is -2.29. The molecular weight excluding hydrogens is 322 g/mol. The molecule has 2 aliphatic rings. The Bertz CT molecular complexity index is 742. The topological polar surface area (TPSA) is 38.3 Å². The van der Waals surface area contributed by atoms with E-state index >= 15 is 0 Å². The highest BCUT2D eigenvalue weighted by molar-refractivity contribution is 5.94. The van der Waals surface area contributed by atoms with Gasteiger partial charge in [-0.1, -0.05) is 37.3 Å². The Kier molecular flexibility index (Phi) is 4.71. The van der Waals surface area contributed by atoms with E-state index in [1.165, 1.54) is 18.4 Å². The number of benzene rings is 2. The van der Waals surface area contributed by atoms with Gasteiger partial charge in [0.05, 0.1) is 6.10 Å². The van der Waals surface area contributed by atoms with Crippen LogP contribution in [0.1, 0.15) is 61.4 Å². The van der Waals surface area contributed by atoms with Crippen molar-refractivity contribution in [3.05, 3.63) is 65.7 Å². The number of hydrogen-bond acceptors (Lipinski definition) is 2. The number of hydrogen-bond donors (Lipinski definition) is 1. The van der Waals surface area contributed by atoms with E-state index in [1.54, 1.807) is 0 Å². The summed E-state index contributed by atoms with van der Waals surface area (Å²) in [5.74, 6) is 0.981. The van der Waals surface area contributed by atoms with Crippen LogP contribution in [0.15, 0.2) is 54.6 Å². The van der Waals surface area contributed by atoms with E-state index in [2.05, 4.69) is 24.4 Å². The van der Waals surface area contributed by atoms with E-state index in [9.17, 15) is 4.79 Å². The summed E-state index contributed by atoms with van der Waals surface area (Å²) in [5, 5.41) is 3.20. The summed E-state index contributed by atoms with van der Waals surface area (Å²) in [4.78, 5) is 12.5. The molecule has 2 aliphatic carbocycles. The first-order chi connectivity index (χ1) is 12.6. The fourth-order valence-electron chi connectivity index (χ4n) is 3.79. The highest BCUT2D eigenvalue weighted by atomic mass is 16.5. The van der Waals surface area contributed by atoms with Gasteiger partial charge in [0.15, 0.2) is 0 Å². The fourth-order valence-corrected chi connectivity index (χ4v) is 3.79. The summed E-state index contributed by atoms with van der Waals surface area (Å²) in [6.07, 6.45) is 6.68.